The Morgan fingerprint density at radius 3 is 2.57 bits per heavy atom. The van der Waals surface area contributed by atoms with Gasteiger partial charge in [-0.25, -0.2) is 18.2 Å². The average molecular weight is 517 g/mol. The molecule has 1 N–H and O–H groups in total. The number of nitro groups is 1. The van der Waals surface area contributed by atoms with E-state index in [2.05, 4.69) is 10.3 Å². The van der Waals surface area contributed by atoms with Crippen molar-refractivity contribution in [3.63, 3.8) is 0 Å². The molecule has 35 heavy (non-hydrogen) atoms. The molecule has 1 fully saturated rings. The van der Waals surface area contributed by atoms with Crippen LogP contribution in [0.2, 0.25) is 0 Å². The summed E-state index contributed by atoms with van der Waals surface area (Å²) in [6.45, 7) is 0.449. The Morgan fingerprint density at radius 1 is 1.17 bits per heavy atom. The first-order valence-electron chi connectivity index (χ1n) is 10.5. The van der Waals surface area contributed by atoms with Crippen LogP contribution < -0.4 is 5.32 Å². The van der Waals surface area contributed by atoms with Crippen LogP contribution in [0.15, 0.2) is 69.9 Å². The van der Waals surface area contributed by atoms with Crippen LogP contribution in [0, 0.1) is 10.1 Å². The summed E-state index contributed by atoms with van der Waals surface area (Å²) in [5, 5.41) is 13.4. The molecule has 1 atom stereocenters. The number of nitrogens with zero attached hydrogens (tertiary/aromatic N) is 3. The first-order chi connectivity index (χ1) is 16.8. The number of nitrogens with one attached hydrogen (secondary N) is 1. The third kappa shape index (κ3) is 5.46. The molecule has 1 aliphatic rings. The van der Waals surface area contributed by atoms with Gasteiger partial charge in [0.05, 0.1) is 16.0 Å². The van der Waals surface area contributed by atoms with Crippen molar-refractivity contribution < 1.29 is 27.7 Å². The van der Waals surface area contributed by atoms with Gasteiger partial charge in [-0.05, 0) is 30.5 Å². The number of aromatic nitrogens is 1. The first kappa shape index (κ1) is 24.3. The molecule has 2 amide bonds. The van der Waals surface area contributed by atoms with E-state index in [0.29, 0.717) is 19.4 Å². The van der Waals surface area contributed by atoms with Gasteiger partial charge in [0.25, 0.3) is 5.69 Å². The van der Waals surface area contributed by atoms with Crippen molar-refractivity contribution in [3.05, 3.63) is 76.5 Å². The van der Waals surface area contributed by atoms with Crippen LogP contribution in [0.3, 0.4) is 0 Å². The lowest BCUT2D eigenvalue weighted by Crippen LogP contribution is -2.43. The second-order valence-electron chi connectivity index (χ2n) is 7.62. The fraction of sp³-hybridized carbons (Fsp3) is 0.227. The molecule has 1 saturated heterocycles. The molecule has 1 aliphatic heterocycles. The van der Waals surface area contributed by atoms with Crippen molar-refractivity contribution in [1.29, 1.82) is 0 Å². The lowest BCUT2D eigenvalue weighted by atomic mass is 10.2. The number of sulfone groups is 1. The number of thiazole rings is 1. The maximum Gasteiger partial charge on any atom is 0.410 e. The van der Waals surface area contributed by atoms with E-state index in [1.54, 1.807) is 0 Å². The molecule has 0 bridgehead atoms. The summed E-state index contributed by atoms with van der Waals surface area (Å²) in [6.07, 6.45) is 1.56. The summed E-state index contributed by atoms with van der Waals surface area (Å²) >= 11 is 0.750. The van der Waals surface area contributed by atoms with Gasteiger partial charge < -0.3 is 10.1 Å². The standard InChI is InChI=1S/C22H20N4O7S2/c27-20(18-7-4-12-25(18)22(28)33-14-15-5-2-1-3-6-15)24-21-23-13-19(34-21)35(31,32)17-10-8-16(9-11-17)26(29)30/h1-3,5-6,8-11,13,18H,4,7,12,14H2,(H,23,24,27). The molecule has 1 aromatic heterocycles. The number of non-ortho nitro benzene ring substituents is 1. The van der Waals surface area contributed by atoms with Gasteiger partial charge in [-0.2, -0.15) is 0 Å². The summed E-state index contributed by atoms with van der Waals surface area (Å²) in [6, 6.07) is 12.9. The number of amides is 2. The van der Waals surface area contributed by atoms with E-state index < -0.39 is 32.8 Å². The number of nitro benzene ring substituents is 1. The van der Waals surface area contributed by atoms with Gasteiger partial charge in [-0.1, -0.05) is 41.7 Å². The van der Waals surface area contributed by atoms with E-state index >= 15 is 0 Å². The molecule has 1 unspecified atom stereocenters. The largest absolute Gasteiger partial charge is 0.445 e. The highest BCUT2D eigenvalue weighted by Crippen LogP contribution is 2.30. The van der Waals surface area contributed by atoms with Crippen molar-refractivity contribution in [3.8, 4) is 0 Å². The fourth-order valence-electron chi connectivity index (χ4n) is 3.55. The van der Waals surface area contributed by atoms with E-state index in [1.807, 2.05) is 30.3 Å². The van der Waals surface area contributed by atoms with Gasteiger partial charge >= 0.3 is 6.09 Å². The molecule has 4 rings (SSSR count). The lowest BCUT2D eigenvalue weighted by Gasteiger charge is -2.22. The quantitative estimate of drug-likeness (QED) is 0.370. The van der Waals surface area contributed by atoms with Crippen LogP contribution in [-0.4, -0.2) is 47.8 Å². The molecule has 13 heteroatoms. The molecule has 0 spiro atoms. The Hall–Kier alpha value is -3.84. The summed E-state index contributed by atoms with van der Waals surface area (Å²) in [7, 11) is -3.98. The van der Waals surface area contributed by atoms with E-state index in [1.165, 1.54) is 4.90 Å². The molecule has 2 heterocycles. The number of anilines is 1. The van der Waals surface area contributed by atoms with Crippen LogP contribution in [0.4, 0.5) is 15.6 Å². The van der Waals surface area contributed by atoms with E-state index in [0.717, 1.165) is 47.4 Å². The van der Waals surface area contributed by atoms with Crippen molar-refractivity contribution in [2.24, 2.45) is 0 Å². The normalized spacial score (nSPS) is 15.5. The van der Waals surface area contributed by atoms with Gasteiger partial charge in [-0.15, -0.1) is 0 Å². The number of likely N-dealkylation sites (tertiary alicyclic amines) is 1. The maximum atomic E-state index is 12.8. The number of hydrogen-bond donors (Lipinski definition) is 1. The summed E-state index contributed by atoms with van der Waals surface area (Å²) in [5.74, 6) is -0.493. The minimum atomic E-state index is -3.98. The molecule has 0 radical (unpaired) electrons. The van der Waals surface area contributed by atoms with Crippen LogP contribution in [0.25, 0.3) is 0 Å². The van der Waals surface area contributed by atoms with E-state index in [-0.39, 0.29) is 26.5 Å². The highest BCUT2D eigenvalue weighted by molar-refractivity contribution is 7.93. The molecule has 182 valence electrons. The second-order valence-corrected chi connectivity index (χ2v) is 10.8. The van der Waals surface area contributed by atoms with Gasteiger partial charge in [-0.3, -0.25) is 19.8 Å². The van der Waals surface area contributed by atoms with Crippen molar-refractivity contribution >= 4 is 44.0 Å². The number of hydrogen-bond acceptors (Lipinski definition) is 9. The summed E-state index contributed by atoms with van der Waals surface area (Å²) in [4.78, 5) is 40.7. The third-order valence-corrected chi connectivity index (χ3v) is 8.48. The van der Waals surface area contributed by atoms with E-state index in [4.69, 9.17) is 4.74 Å². The molecular weight excluding hydrogens is 496 g/mol. The molecule has 0 aliphatic carbocycles. The molecular formula is C22H20N4O7S2. The van der Waals surface area contributed by atoms with Crippen molar-refractivity contribution in [2.75, 3.05) is 11.9 Å². The second kappa shape index (κ2) is 10.2. The highest BCUT2D eigenvalue weighted by Gasteiger charge is 2.35. The monoisotopic (exact) mass is 516 g/mol. The predicted octanol–water partition coefficient (Wildman–Crippen LogP) is 3.62. The third-order valence-electron chi connectivity index (χ3n) is 5.33. The molecule has 0 saturated carbocycles. The molecule has 2 aromatic carbocycles. The first-order valence-corrected chi connectivity index (χ1v) is 12.8. The van der Waals surface area contributed by atoms with Crippen LogP contribution >= 0.6 is 11.3 Å². The zero-order chi connectivity index (χ0) is 25.0. The van der Waals surface area contributed by atoms with Gasteiger partial charge in [0.2, 0.25) is 15.7 Å². The molecule has 3 aromatic rings. The van der Waals surface area contributed by atoms with Gasteiger partial charge in [0, 0.05) is 18.7 Å². The van der Waals surface area contributed by atoms with E-state index in [9.17, 15) is 28.1 Å². The Bertz CT molecular complexity index is 1340. The average Bonchev–Trinajstić information content (AvgIpc) is 3.54. The van der Waals surface area contributed by atoms with Crippen LogP contribution in [0.5, 0.6) is 0 Å². The number of rotatable bonds is 7. The Labute approximate surface area is 204 Å². The zero-order valence-corrected chi connectivity index (χ0v) is 19.8. The minimum absolute atomic E-state index is 0.0555. The number of ether oxygens (including phenoxy) is 1. The number of carbonyl (C=O) groups is 2. The van der Waals surface area contributed by atoms with Crippen molar-refractivity contribution in [1.82, 2.24) is 9.88 Å². The lowest BCUT2D eigenvalue weighted by molar-refractivity contribution is -0.384. The minimum Gasteiger partial charge on any atom is -0.445 e. The topological polar surface area (TPSA) is 149 Å². The smallest absolute Gasteiger partial charge is 0.410 e. The fourth-order valence-corrected chi connectivity index (χ4v) is 5.99. The number of benzene rings is 2. The SMILES string of the molecule is O=C(Nc1ncc(S(=O)(=O)c2ccc([N+](=O)[O-])cc2)s1)C1CCCN1C(=O)OCc1ccccc1. The highest BCUT2D eigenvalue weighted by atomic mass is 32.2. The Balaban J connectivity index is 1.40. The Morgan fingerprint density at radius 2 is 1.89 bits per heavy atom. The van der Waals surface area contributed by atoms with Crippen LogP contribution in [-0.2, 0) is 26.0 Å². The van der Waals surface area contributed by atoms with Crippen LogP contribution in [0.1, 0.15) is 18.4 Å². The van der Waals surface area contributed by atoms with Gasteiger partial charge in [0.15, 0.2) is 5.13 Å². The van der Waals surface area contributed by atoms with Crippen molar-refractivity contribution in [2.45, 2.75) is 34.6 Å². The zero-order valence-electron chi connectivity index (χ0n) is 18.2. The predicted molar refractivity (Wildman–Crippen MR) is 126 cm³/mol. The maximum absolute atomic E-state index is 12.8. The molecule has 11 nitrogen and oxygen atoms in total. The number of carbonyl (C=O) groups excluding carboxylic acids is 2. The summed E-state index contributed by atoms with van der Waals surface area (Å²) < 4.78 is 30.8. The van der Waals surface area contributed by atoms with Gasteiger partial charge in [0.1, 0.15) is 16.9 Å². The Kier molecular flexibility index (Phi) is 7.07. The summed E-state index contributed by atoms with van der Waals surface area (Å²) in [5.41, 5.74) is 0.593.